The first-order chi connectivity index (χ1) is 11.0. The topological polar surface area (TPSA) is 83.7 Å². The first-order valence-electron chi connectivity index (χ1n) is 7.37. The zero-order valence-electron chi connectivity index (χ0n) is 12.7. The highest BCUT2D eigenvalue weighted by Gasteiger charge is 2.22. The number of halogens is 1. The van der Waals surface area contributed by atoms with E-state index in [-0.39, 0.29) is 25.4 Å². The summed E-state index contributed by atoms with van der Waals surface area (Å²) < 4.78 is 24.4. The molecule has 0 unspecified atom stereocenters. The van der Waals surface area contributed by atoms with Gasteiger partial charge in [-0.25, -0.2) is 4.39 Å². The summed E-state index contributed by atoms with van der Waals surface area (Å²) in [7, 11) is -0.804. The summed E-state index contributed by atoms with van der Waals surface area (Å²) in [6, 6.07) is 5.53. The van der Waals surface area contributed by atoms with Gasteiger partial charge in [-0.15, -0.1) is 0 Å². The van der Waals surface area contributed by atoms with Crippen molar-refractivity contribution >= 4 is 28.3 Å². The lowest BCUT2D eigenvalue weighted by molar-refractivity contribution is -0.120. The van der Waals surface area contributed by atoms with E-state index in [1.54, 1.807) is 0 Å². The van der Waals surface area contributed by atoms with E-state index in [0.717, 1.165) is 0 Å². The molecule has 0 atom stereocenters. The van der Waals surface area contributed by atoms with E-state index in [2.05, 4.69) is 0 Å². The molecule has 0 saturated carbocycles. The third-order valence-electron chi connectivity index (χ3n) is 3.65. The predicted octanol–water partition coefficient (Wildman–Crippen LogP) is 0.0984. The summed E-state index contributed by atoms with van der Waals surface area (Å²) in [6.45, 7) is 1.53. The normalized spacial score (nSPS) is 16.2. The summed E-state index contributed by atoms with van der Waals surface area (Å²) in [5.74, 6) is 0.0364. The van der Waals surface area contributed by atoms with Gasteiger partial charge >= 0.3 is 0 Å². The first kappa shape index (κ1) is 17.6. The molecule has 2 amide bonds. The number of nitrogens with two attached hydrogens (primary N) is 1. The number of benzene rings is 1. The van der Waals surface area contributed by atoms with Gasteiger partial charge in [0.15, 0.2) is 0 Å². The molecule has 1 aromatic rings. The molecule has 1 aliphatic rings. The van der Waals surface area contributed by atoms with Crippen LogP contribution in [-0.4, -0.2) is 58.6 Å². The van der Waals surface area contributed by atoms with E-state index in [4.69, 9.17) is 5.73 Å². The molecule has 0 radical (unpaired) electrons. The van der Waals surface area contributed by atoms with Gasteiger partial charge in [-0.3, -0.25) is 18.7 Å². The number of nitrogens with zero attached hydrogens (tertiary/aromatic N) is 2. The Kier molecular flexibility index (Phi) is 6.23. The lowest BCUT2D eigenvalue weighted by atomic mass is 10.2. The van der Waals surface area contributed by atoms with Crippen molar-refractivity contribution in [2.75, 3.05) is 42.6 Å². The van der Waals surface area contributed by atoms with Gasteiger partial charge in [0.05, 0.1) is 6.54 Å². The molecule has 0 aliphatic carbocycles. The Bertz CT molecular complexity index is 584. The van der Waals surface area contributed by atoms with Crippen molar-refractivity contribution < 1.29 is 18.2 Å². The van der Waals surface area contributed by atoms with Crippen LogP contribution in [0, 0.1) is 5.82 Å². The summed E-state index contributed by atoms with van der Waals surface area (Å²) in [5.41, 5.74) is 5.69. The molecule has 0 spiro atoms. The van der Waals surface area contributed by atoms with E-state index >= 15 is 0 Å². The highest BCUT2D eigenvalue weighted by Crippen LogP contribution is 2.16. The number of hydrogen-bond donors (Lipinski definition) is 1. The summed E-state index contributed by atoms with van der Waals surface area (Å²) in [4.78, 5) is 26.9. The van der Waals surface area contributed by atoms with Gasteiger partial charge in [0, 0.05) is 54.0 Å². The van der Waals surface area contributed by atoms with Crippen molar-refractivity contribution in [1.29, 1.82) is 0 Å². The molecule has 23 heavy (non-hydrogen) atoms. The predicted molar refractivity (Wildman–Crippen MR) is 86.9 cm³/mol. The fourth-order valence-electron chi connectivity index (χ4n) is 2.35. The van der Waals surface area contributed by atoms with Gasteiger partial charge in [0.1, 0.15) is 5.82 Å². The lowest BCUT2D eigenvalue weighted by Crippen LogP contribution is -2.46. The maximum atomic E-state index is 13.1. The van der Waals surface area contributed by atoms with Crippen LogP contribution in [0.5, 0.6) is 0 Å². The van der Waals surface area contributed by atoms with Gasteiger partial charge in [-0.1, -0.05) is 0 Å². The summed E-state index contributed by atoms with van der Waals surface area (Å²) >= 11 is 0. The Morgan fingerprint density at radius 2 is 1.83 bits per heavy atom. The van der Waals surface area contributed by atoms with Gasteiger partial charge in [0.25, 0.3) is 0 Å². The number of amides is 2. The van der Waals surface area contributed by atoms with Crippen molar-refractivity contribution in [3.8, 4) is 0 Å². The van der Waals surface area contributed by atoms with Crippen molar-refractivity contribution in [2.24, 2.45) is 5.73 Å². The van der Waals surface area contributed by atoms with Crippen molar-refractivity contribution in [3.63, 3.8) is 0 Å². The van der Waals surface area contributed by atoms with E-state index in [1.165, 1.54) is 29.2 Å². The van der Waals surface area contributed by atoms with Crippen LogP contribution in [0.2, 0.25) is 0 Å². The molecule has 0 aromatic heterocycles. The van der Waals surface area contributed by atoms with Crippen LogP contribution in [-0.2, 0) is 20.4 Å². The second kappa shape index (κ2) is 8.16. The summed E-state index contributed by atoms with van der Waals surface area (Å²) in [5, 5.41) is 0. The van der Waals surface area contributed by atoms with Gasteiger partial charge in [-0.2, -0.15) is 0 Å². The summed E-state index contributed by atoms with van der Waals surface area (Å²) in [6.07, 6.45) is 0.0349. The fraction of sp³-hybridized carbons (Fsp3) is 0.467. The molecule has 6 nitrogen and oxygen atoms in total. The number of hydrogen-bond acceptors (Lipinski definition) is 4. The maximum absolute atomic E-state index is 13.1. The number of carbonyl (C=O) groups excluding carboxylic acids is 2. The van der Waals surface area contributed by atoms with Crippen LogP contribution in [0.25, 0.3) is 0 Å². The Hall–Kier alpha value is -1.80. The second-order valence-corrected chi connectivity index (χ2v) is 7.06. The standard InChI is InChI=1S/C15H20FN3O3S/c16-12-1-3-13(4-2-12)19(6-5-14(17)20)15(21)11-18-7-9-23(22)10-8-18/h1-4H,5-11H2,(H2,17,20). The molecule has 1 fully saturated rings. The minimum absolute atomic E-state index is 0.0349. The minimum atomic E-state index is -0.804. The zero-order valence-corrected chi connectivity index (χ0v) is 13.6. The Morgan fingerprint density at radius 3 is 2.39 bits per heavy atom. The third-order valence-corrected chi connectivity index (χ3v) is 4.93. The molecule has 1 aliphatic heterocycles. The number of carbonyl (C=O) groups is 2. The largest absolute Gasteiger partial charge is 0.370 e. The van der Waals surface area contributed by atoms with E-state index in [0.29, 0.717) is 30.3 Å². The van der Waals surface area contributed by atoms with Crippen LogP contribution in [0.1, 0.15) is 6.42 Å². The number of anilines is 1. The van der Waals surface area contributed by atoms with E-state index in [9.17, 15) is 18.2 Å². The quantitative estimate of drug-likeness (QED) is 0.795. The Balaban J connectivity index is 2.05. The fourth-order valence-corrected chi connectivity index (χ4v) is 3.48. The molecular formula is C15H20FN3O3S. The lowest BCUT2D eigenvalue weighted by Gasteiger charge is -2.29. The van der Waals surface area contributed by atoms with Gasteiger partial charge < -0.3 is 10.6 Å². The molecule has 1 aromatic carbocycles. The van der Waals surface area contributed by atoms with Crippen LogP contribution < -0.4 is 10.6 Å². The molecule has 126 valence electrons. The Morgan fingerprint density at radius 1 is 1.22 bits per heavy atom. The maximum Gasteiger partial charge on any atom is 0.241 e. The molecule has 8 heteroatoms. The number of primary amides is 1. The third kappa shape index (κ3) is 5.40. The zero-order chi connectivity index (χ0) is 16.8. The van der Waals surface area contributed by atoms with Gasteiger partial charge in [-0.05, 0) is 24.3 Å². The molecule has 0 bridgehead atoms. The van der Waals surface area contributed by atoms with Crippen LogP contribution in [0.3, 0.4) is 0 Å². The average Bonchev–Trinajstić information content (AvgIpc) is 2.51. The monoisotopic (exact) mass is 341 g/mol. The van der Waals surface area contributed by atoms with Crippen LogP contribution >= 0.6 is 0 Å². The molecule has 1 saturated heterocycles. The highest BCUT2D eigenvalue weighted by atomic mass is 32.2. The molecule has 1 heterocycles. The van der Waals surface area contributed by atoms with Crippen LogP contribution in [0.4, 0.5) is 10.1 Å². The molecule has 2 N–H and O–H groups in total. The van der Waals surface area contributed by atoms with E-state index < -0.39 is 22.5 Å². The molecule has 2 rings (SSSR count). The van der Waals surface area contributed by atoms with Crippen molar-refractivity contribution in [1.82, 2.24) is 4.90 Å². The average molecular weight is 341 g/mol. The highest BCUT2D eigenvalue weighted by molar-refractivity contribution is 7.85. The second-order valence-electron chi connectivity index (χ2n) is 5.36. The Labute approximate surface area is 136 Å². The first-order valence-corrected chi connectivity index (χ1v) is 8.86. The smallest absolute Gasteiger partial charge is 0.241 e. The minimum Gasteiger partial charge on any atom is -0.370 e. The van der Waals surface area contributed by atoms with Crippen LogP contribution in [0.15, 0.2) is 24.3 Å². The number of rotatable bonds is 6. The van der Waals surface area contributed by atoms with Crippen molar-refractivity contribution in [2.45, 2.75) is 6.42 Å². The SMILES string of the molecule is NC(=O)CCN(C(=O)CN1CCS(=O)CC1)c1ccc(F)cc1. The van der Waals surface area contributed by atoms with Crippen molar-refractivity contribution in [3.05, 3.63) is 30.1 Å². The van der Waals surface area contributed by atoms with Gasteiger partial charge in [0.2, 0.25) is 11.8 Å². The molecular weight excluding hydrogens is 321 g/mol. The van der Waals surface area contributed by atoms with E-state index in [1.807, 2.05) is 4.90 Å².